The van der Waals surface area contributed by atoms with Crippen LogP contribution in [0.3, 0.4) is 0 Å². The van der Waals surface area contributed by atoms with Gasteiger partial charge in [0.15, 0.2) is 0 Å². The van der Waals surface area contributed by atoms with Gasteiger partial charge in [0.1, 0.15) is 23.0 Å². The van der Waals surface area contributed by atoms with Gasteiger partial charge < -0.3 is 18.1 Å². The van der Waals surface area contributed by atoms with Crippen LogP contribution in [0.2, 0.25) is 0 Å². The Morgan fingerprint density at radius 3 is 0.628 bits per heavy atom. The van der Waals surface area contributed by atoms with Crippen molar-refractivity contribution in [1.82, 2.24) is 9.80 Å². The molecule has 0 aliphatic carbocycles. The van der Waals surface area contributed by atoms with Gasteiger partial charge in [0, 0.05) is 43.8 Å². The van der Waals surface area contributed by atoms with Crippen molar-refractivity contribution in [3.05, 3.63) is 186 Å². The van der Waals surface area contributed by atoms with E-state index < -0.39 is 17.2 Å². The predicted molar refractivity (Wildman–Crippen MR) is 361 cm³/mol. The predicted octanol–water partition coefficient (Wildman–Crippen LogP) is 20.5. The molecule has 2 saturated heterocycles. The molecule has 12 bridgehead atoms. The first-order valence-corrected chi connectivity index (χ1v) is 33.7. The molecule has 0 atom stereocenters. The first-order chi connectivity index (χ1) is 39.6. The van der Waals surface area contributed by atoms with Gasteiger partial charge in [-0.2, -0.15) is 0 Å². The maximum Gasteiger partial charge on any atom is 0.463 e. The lowest BCUT2D eigenvalue weighted by molar-refractivity contribution is -0.0577. The molecule has 0 spiro atoms. The molecule has 2 fully saturated rings. The molecule has 6 aromatic carbocycles. The molecule has 0 radical (unpaired) electrons. The zero-order chi connectivity index (χ0) is 63.4. The maximum absolute atomic E-state index is 7.18. The number of hydrogen-bond donors (Lipinski definition) is 0. The minimum Gasteiger partial charge on any atom is -0.417 e. The molecular formula is C76H104N2O6P2. The van der Waals surface area contributed by atoms with Crippen molar-refractivity contribution in [2.24, 2.45) is 0 Å². The van der Waals surface area contributed by atoms with Crippen LogP contribution in [0.15, 0.2) is 97.1 Å². The third-order valence-corrected chi connectivity index (χ3v) is 23.3. The van der Waals surface area contributed by atoms with Gasteiger partial charge in [-0.3, -0.25) is 18.8 Å². The van der Waals surface area contributed by atoms with Gasteiger partial charge in [0.05, 0.1) is 12.2 Å². The SMILES string of the molecule is Cc1cc2cc(C)c1OP(OC1CC(C)(C)N(C)C(C)(C)C1)Oc1c(C)cc(cc1C)C(C)(C)c1ccc(cc1)C(C)(C)c1cc(C)c(c(C)c1)OP(OC1CC(C)(C)N(C)C(C)(C)C1)Oc1c(C)cc(cc1C)C(C)(C)c1ccc(cc1)C2(C)C. The average molecular weight is 1200 g/mol. The summed E-state index contributed by atoms with van der Waals surface area (Å²) in [7, 11) is 0.689. The van der Waals surface area contributed by atoms with Crippen LogP contribution in [0.1, 0.15) is 225 Å². The molecule has 18 aliphatic rings. The second-order valence-corrected chi connectivity index (χ2v) is 32.9. The van der Waals surface area contributed by atoms with Gasteiger partial charge >= 0.3 is 17.2 Å². The average Bonchev–Trinajstić information content (AvgIpc) is 1.00. The van der Waals surface area contributed by atoms with Crippen LogP contribution < -0.4 is 18.1 Å². The Bertz CT molecular complexity index is 2950. The topological polar surface area (TPSA) is 61.9 Å². The number of likely N-dealkylation sites (tertiary alicyclic amines) is 2. The molecule has 0 amide bonds. The summed E-state index contributed by atoms with van der Waals surface area (Å²) in [5, 5.41) is 0. The van der Waals surface area contributed by atoms with Crippen molar-refractivity contribution in [3.8, 4) is 23.0 Å². The van der Waals surface area contributed by atoms with Crippen molar-refractivity contribution in [3.63, 3.8) is 0 Å². The molecule has 24 rings (SSSR count). The molecule has 0 N–H and O–H groups in total. The minimum absolute atomic E-state index is 0.0711. The molecule has 10 heteroatoms. The summed E-state index contributed by atoms with van der Waals surface area (Å²) in [5.41, 5.74) is 16.6. The fraction of sp³-hybridized carbons (Fsp3) is 0.526. The fourth-order valence-electron chi connectivity index (χ4n) is 14.5. The summed E-state index contributed by atoms with van der Waals surface area (Å²) >= 11 is 0. The van der Waals surface area contributed by atoms with Crippen LogP contribution in [-0.2, 0) is 30.7 Å². The Morgan fingerprint density at radius 2 is 0.465 bits per heavy atom. The van der Waals surface area contributed by atoms with Gasteiger partial charge in [-0.15, -0.1) is 0 Å². The van der Waals surface area contributed by atoms with Crippen molar-refractivity contribution < 1.29 is 27.1 Å². The van der Waals surface area contributed by atoms with E-state index in [1.54, 1.807) is 0 Å². The fourth-order valence-corrected chi connectivity index (χ4v) is 17.2. The van der Waals surface area contributed by atoms with E-state index in [0.717, 1.165) is 93.2 Å². The van der Waals surface area contributed by atoms with Crippen molar-refractivity contribution in [1.29, 1.82) is 0 Å². The molecule has 8 nitrogen and oxygen atoms in total. The number of nitrogens with zero attached hydrogens (tertiary/aromatic N) is 2. The highest BCUT2D eigenvalue weighted by atomic mass is 31.2. The molecule has 86 heavy (non-hydrogen) atoms. The second-order valence-electron chi connectivity index (χ2n) is 30.9. The van der Waals surface area contributed by atoms with E-state index >= 15 is 0 Å². The van der Waals surface area contributed by atoms with Gasteiger partial charge in [-0.25, -0.2) is 0 Å². The smallest absolute Gasteiger partial charge is 0.417 e. The second kappa shape index (κ2) is 23.2. The number of aryl methyl sites for hydroxylation is 8. The lowest BCUT2D eigenvalue weighted by Gasteiger charge is -2.53. The first kappa shape index (κ1) is 65.7. The number of piperidine rings is 2. The Kier molecular flexibility index (Phi) is 17.7. The van der Waals surface area contributed by atoms with E-state index in [0.29, 0.717) is 0 Å². The summed E-state index contributed by atoms with van der Waals surface area (Å²) in [5.74, 6) is 3.23. The highest BCUT2D eigenvalue weighted by Crippen LogP contribution is 2.54. The summed E-state index contributed by atoms with van der Waals surface area (Å²) < 4.78 is 43.0. The summed E-state index contributed by atoms with van der Waals surface area (Å²) in [6.45, 7) is 54.4. The molecule has 6 aromatic rings. The van der Waals surface area contributed by atoms with E-state index in [-0.39, 0.29) is 56.0 Å². The molecule has 464 valence electrons. The summed E-state index contributed by atoms with van der Waals surface area (Å²) in [6.07, 6.45) is 3.28. The van der Waals surface area contributed by atoms with Crippen LogP contribution in [0.25, 0.3) is 0 Å². The van der Waals surface area contributed by atoms with E-state index in [2.05, 4.69) is 287 Å². The molecule has 18 heterocycles. The number of rotatable bonds is 4. The lowest BCUT2D eigenvalue weighted by atomic mass is 9.74. The van der Waals surface area contributed by atoms with Gasteiger partial charge in [0.25, 0.3) is 0 Å². The molecule has 0 saturated carbocycles. The number of hydrogen-bond acceptors (Lipinski definition) is 8. The summed E-state index contributed by atoms with van der Waals surface area (Å²) in [6, 6.07) is 36.9. The van der Waals surface area contributed by atoms with E-state index in [4.69, 9.17) is 27.1 Å². The Balaban J connectivity index is 1.14. The van der Waals surface area contributed by atoms with Crippen LogP contribution in [0.4, 0.5) is 0 Å². The Hall–Kier alpha value is -4.78. The first-order valence-electron chi connectivity index (χ1n) is 31.5. The number of benzene rings is 6. The standard InChI is InChI=1S/C76H104N2O6P2/c1-47-35-59-36-48(2)65(47)81-85(79-63-43-69(9,10)77(25)70(11,12)44-63)82-66-49(3)37-60(38-50(66)4)75(21,22)57-31-33-58(34-32-57)76(23,24)62-41-53(7)68(54(8)42-62)84-86(80-64-45-71(13,14)78(26)72(15,16)46-64)83-67-51(5)39-61(40-52(67)6)74(19,20)56-29-27-55(28-30-56)73(59,17)18/h27-42,63-64H,43-46H2,1-26H3. The van der Waals surface area contributed by atoms with E-state index in [9.17, 15) is 0 Å². The van der Waals surface area contributed by atoms with Gasteiger partial charge in [-0.1, -0.05) is 152 Å². The molecule has 18 aliphatic heterocycles. The zero-order valence-electron chi connectivity index (χ0n) is 57.5. The van der Waals surface area contributed by atoms with Crippen molar-refractivity contribution in [2.45, 2.75) is 248 Å². The third-order valence-electron chi connectivity index (χ3n) is 21.1. The normalized spacial score (nSPS) is 22.7. The highest BCUT2D eigenvalue weighted by molar-refractivity contribution is 7.43. The van der Waals surface area contributed by atoms with Crippen LogP contribution in [-0.4, -0.2) is 58.3 Å². The molecule has 0 aromatic heterocycles. The van der Waals surface area contributed by atoms with Crippen molar-refractivity contribution in [2.75, 3.05) is 14.1 Å². The Morgan fingerprint density at radius 1 is 0.302 bits per heavy atom. The monoisotopic (exact) mass is 1200 g/mol. The van der Waals surface area contributed by atoms with Gasteiger partial charge in [-0.05, 0) is 240 Å². The third kappa shape index (κ3) is 12.7. The van der Waals surface area contributed by atoms with Crippen LogP contribution in [0, 0.1) is 55.4 Å². The quantitative estimate of drug-likeness (QED) is 0.162. The minimum atomic E-state index is -1.89. The zero-order valence-corrected chi connectivity index (χ0v) is 59.2. The van der Waals surface area contributed by atoms with Crippen molar-refractivity contribution >= 4 is 17.2 Å². The van der Waals surface area contributed by atoms with Crippen LogP contribution in [0.5, 0.6) is 23.0 Å². The Labute approximate surface area is 522 Å². The largest absolute Gasteiger partial charge is 0.463 e. The summed E-state index contributed by atoms with van der Waals surface area (Å²) in [4.78, 5) is 4.98. The van der Waals surface area contributed by atoms with E-state index in [1.807, 2.05) is 0 Å². The highest BCUT2D eigenvalue weighted by Gasteiger charge is 2.47. The van der Waals surface area contributed by atoms with Gasteiger partial charge in [0.2, 0.25) is 0 Å². The lowest BCUT2D eigenvalue weighted by Crippen LogP contribution is -2.60. The molecular weight excluding hydrogens is 1100 g/mol. The molecule has 0 unspecified atom stereocenters. The van der Waals surface area contributed by atoms with E-state index in [1.165, 1.54) is 44.5 Å². The maximum atomic E-state index is 7.18. The van der Waals surface area contributed by atoms with Crippen LogP contribution >= 0.6 is 17.2 Å².